The molecular weight excluding hydrogens is 247 g/mol. The van der Waals surface area contributed by atoms with Gasteiger partial charge in [-0.2, -0.15) is 0 Å². The lowest BCUT2D eigenvalue weighted by atomic mass is 9.80. The summed E-state index contributed by atoms with van der Waals surface area (Å²) >= 11 is 0. The summed E-state index contributed by atoms with van der Waals surface area (Å²) < 4.78 is 0. The minimum absolute atomic E-state index is 0.472. The first-order valence-corrected chi connectivity index (χ1v) is 6.76. The first kappa shape index (κ1) is 14.4. The molecule has 0 atom stereocenters. The second-order valence-electron chi connectivity index (χ2n) is 4.69. The molecule has 100 valence electrons. The van der Waals surface area contributed by atoms with E-state index >= 15 is 0 Å². The fourth-order valence-corrected chi connectivity index (χ4v) is 1.93. The Morgan fingerprint density at radius 1 is 0.850 bits per heavy atom. The predicted octanol–water partition coefficient (Wildman–Crippen LogP) is 1.72. The molecule has 2 N–H and O–H groups in total. The van der Waals surface area contributed by atoms with Gasteiger partial charge < -0.3 is 10.0 Å². The SMILES string of the molecule is CCCc1ccc(C#Cc2ccc(B(O)O)cc2)cc1. The summed E-state index contributed by atoms with van der Waals surface area (Å²) in [6.45, 7) is 2.17. The van der Waals surface area contributed by atoms with Gasteiger partial charge in [0.05, 0.1) is 0 Å². The molecule has 0 heterocycles. The molecule has 0 radical (unpaired) electrons. The van der Waals surface area contributed by atoms with E-state index in [4.69, 9.17) is 10.0 Å². The number of hydrogen-bond acceptors (Lipinski definition) is 2. The van der Waals surface area contributed by atoms with Gasteiger partial charge in [0.15, 0.2) is 0 Å². The predicted molar refractivity (Wildman–Crippen MR) is 82.7 cm³/mol. The Labute approximate surface area is 120 Å². The van der Waals surface area contributed by atoms with Crippen molar-refractivity contribution in [1.82, 2.24) is 0 Å². The molecule has 2 aromatic rings. The van der Waals surface area contributed by atoms with Crippen LogP contribution in [-0.2, 0) is 6.42 Å². The van der Waals surface area contributed by atoms with Crippen LogP contribution in [0.1, 0.15) is 30.0 Å². The maximum absolute atomic E-state index is 9.01. The van der Waals surface area contributed by atoms with Crippen LogP contribution in [-0.4, -0.2) is 17.2 Å². The summed E-state index contributed by atoms with van der Waals surface area (Å²) in [5.41, 5.74) is 3.64. The number of aryl methyl sites for hydroxylation is 1. The molecule has 0 unspecified atom stereocenters. The molecule has 2 aromatic carbocycles. The Morgan fingerprint density at radius 2 is 1.35 bits per heavy atom. The monoisotopic (exact) mass is 264 g/mol. The largest absolute Gasteiger partial charge is 0.488 e. The number of hydrogen-bond donors (Lipinski definition) is 2. The molecule has 0 bridgehead atoms. The minimum atomic E-state index is -1.43. The molecular formula is C17H17BO2. The van der Waals surface area contributed by atoms with Crippen LogP contribution in [0.15, 0.2) is 48.5 Å². The average Bonchev–Trinajstić information content (AvgIpc) is 2.47. The standard InChI is InChI=1S/C17H17BO2/c1-2-3-14-4-6-15(7-5-14)8-9-16-10-12-17(13-11-16)18(19)20/h4-7,10-13,19-20H,2-3H2,1H3. The van der Waals surface area contributed by atoms with Crippen LogP contribution in [0.5, 0.6) is 0 Å². The summed E-state index contributed by atoms with van der Waals surface area (Å²) in [5, 5.41) is 18.0. The third-order valence-corrected chi connectivity index (χ3v) is 3.05. The topological polar surface area (TPSA) is 40.5 Å². The van der Waals surface area contributed by atoms with Crippen LogP contribution in [0.4, 0.5) is 0 Å². The van der Waals surface area contributed by atoms with Gasteiger partial charge in [-0.15, -0.1) is 0 Å². The highest BCUT2D eigenvalue weighted by atomic mass is 16.4. The third kappa shape index (κ3) is 3.99. The van der Waals surface area contributed by atoms with Crippen LogP contribution in [0.25, 0.3) is 0 Å². The first-order valence-electron chi connectivity index (χ1n) is 6.76. The van der Waals surface area contributed by atoms with E-state index < -0.39 is 7.12 Å². The minimum Gasteiger partial charge on any atom is -0.423 e. The summed E-state index contributed by atoms with van der Waals surface area (Å²) in [6.07, 6.45) is 2.24. The van der Waals surface area contributed by atoms with Crippen molar-refractivity contribution >= 4 is 12.6 Å². The van der Waals surface area contributed by atoms with Gasteiger partial charge in [0.25, 0.3) is 0 Å². The van der Waals surface area contributed by atoms with E-state index in [1.54, 1.807) is 24.3 Å². The Kier molecular flexibility index (Phi) is 5.00. The van der Waals surface area contributed by atoms with Gasteiger partial charge >= 0.3 is 7.12 Å². The average molecular weight is 264 g/mol. The van der Waals surface area contributed by atoms with E-state index in [0.717, 1.165) is 24.0 Å². The second-order valence-corrected chi connectivity index (χ2v) is 4.69. The van der Waals surface area contributed by atoms with E-state index in [-0.39, 0.29) is 0 Å². The number of rotatable bonds is 3. The van der Waals surface area contributed by atoms with Crippen molar-refractivity contribution in [3.63, 3.8) is 0 Å². The van der Waals surface area contributed by atoms with E-state index in [0.29, 0.717) is 5.46 Å². The number of benzene rings is 2. The van der Waals surface area contributed by atoms with Gasteiger partial charge in [0.1, 0.15) is 0 Å². The lowest BCUT2D eigenvalue weighted by Gasteiger charge is -1.98. The highest BCUT2D eigenvalue weighted by molar-refractivity contribution is 6.58. The molecule has 0 aliphatic carbocycles. The maximum Gasteiger partial charge on any atom is 0.488 e. The molecule has 3 heteroatoms. The Balaban J connectivity index is 2.09. The van der Waals surface area contributed by atoms with Crippen LogP contribution in [0.3, 0.4) is 0 Å². The van der Waals surface area contributed by atoms with Crippen molar-refractivity contribution < 1.29 is 10.0 Å². The summed E-state index contributed by atoms with van der Waals surface area (Å²) in [4.78, 5) is 0. The Hall–Kier alpha value is -2.02. The zero-order valence-electron chi connectivity index (χ0n) is 11.5. The molecule has 0 saturated carbocycles. The normalized spacial score (nSPS) is 9.75. The molecule has 20 heavy (non-hydrogen) atoms. The van der Waals surface area contributed by atoms with E-state index in [2.05, 4.69) is 30.9 Å². The molecule has 0 spiro atoms. The molecule has 2 nitrogen and oxygen atoms in total. The van der Waals surface area contributed by atoms with Crippen LogP contribution < -0.4 is 5.46 Å². The van der Waals surface area contributed by atoms with E-state index in [1.807, 2.05) is 12.1 Å². The van der Waals surface area contributed by atoms with Gasteiger partial charge in [0.2, 0.25) is 0 Å². The molecule has 2 rings (SSSR count). The smallest absolute Gasteiger partial charge is 0.423 e. The summed E-state index contributed by atoms with van der Waals surface area (Å²) in [7, 11) is -1.43. The quantitative estimate of drug-likeness (QED) is 0.654. The molecule has 0 aliphatic rings. The van der Waals surface area contributed by atoms with E-state index in [1.165, 1.54) is 5.56 Å². The summed E-state index contributed by atoms with van der Waals surface area (Å²) in [6, 6.07) is 15.2. The van der Waals surface area contributed by atoms with Crippen LogP contribution in [0, 0.1) is 11.8 Å². The molecule has 0 aliphatic heterocycles. The highest BCUT2D eigenvalue weighted by Crippen LogP contribution is 2.06. The summed E-state index contributed by atoms with van der Waals surface area (Å²) in [5.74, 6) is 6.17. The molecule has 0 amide bonds. The second kappa shape index (κ2) is 6.95. The zero-order chi connectivity index (χ0) is 14.4. The molecule has 0 fully saturated rings. The van der Waals surface area contributed by atoms with Crippen LogP contribution in [0.2, 0.25) is 0 Å². The lowest BCUT2D eigenvalue weighted by Crippen LogP contribution is -2.29. The highest BCUT2D eigenvalue weighted by Gasteiger charge is 2.08. The van der Waals surface area contributed by atoms with Crippen molar-refractivity contribution in [2.45, 2.75) is 19.8 Å². The lowest BCUT2D eigenvalue weighted by molar-refractivity contribution is 0.426. The molecule has 0 aromatic heterocycles. The van der Waals surface area contributed by atoms with E-state index in [9.17, 15) is 0 Å². The van der Waals surface area contributed by atoms with Gasteiger partial charge in [-0.3, -0.25) is 0 Å². The first-order chi connectivity index (χ1) is 9.69. The van der Waals surface area contributed by atoms with Gasteiger partial charge in [-0.1, -0.05) is 49.5 Å². The van der Waals surface area contributed by atoms with Crippen molar-refractivity contribution in [3.05, 3.63) is 65.2 Å². The van der Waals surface area contributed by atoms with Crippen LogP contribution >= 0.6 is 0 Å². The van der Waals surface area contributed by atoms with Gasteiger partial charge in [0, 0.05) is 11.1 Å². The Bertz CT molecular complexity index is 604. The molecule has 0 saturated heterocycles. The van der Waals surface area contributed by atoms with Gasteiger partial charge in [-0.25, -0.2) is 0 Å². The van der Waals surface area contributed by atoms with Crippen molar-refractivity contribution in [1.29, 1.82) is 0 Å². The fraction of sp³-hybridized carbons (Fsp3) is 0.176. The Morgan fingerprint density at radius 3 is 1.80 bits per heavy atom. The van der Waals surface area contributed by atoms with Crippen molar-refractivity contribution in [2.75, 3.05) is 0 Å². The third-order valence-electron chi connectivity index (χ3n) is 3.05. The fourth-order valence-electron chi connectivity index (χ4n) is 1.93. The van der Waals surface area contributed by atoms with Crippen molar-refractivity contribution in [3.8, 4) is 11.8 Å². The van der Waals surface area contributed by atoms with Gasteiger partial charge in [-0.05, 0) is 41.7 Å². The maximum atomic E-state index is 9.01. The van der Waals surface area contributed by atoms with Crippen molar-refractivity contribution in [2.24, 2.45) is 0 Å². The zero-order valence-corrected chi connectivity index (χ0v) is 11.5.